The number of oxazole rings is 1. The van der Waals surface area contributed by atoms with Crippen LogP contribution in [0.15, 0.2) is 63.9 Å². The molecule has 1 N–H and O–H groups in total. The van der Waals surface area contributed by atoms with Crippen molar-refractivity contribution in [3.8, 4) is 11.3 Å². The van der Waals surface area contributed by atoms with Gasteiger partial charge in [-0.15, -0.1) is 0 Å². The predicted octanol–water partition coefficient (Wildman–Crippen LogP) is 4.86. The van der Waals surface area contributed by atoms with Crippen LogP contribution in [0, 0.1) is 5.82 Å². The summed E-state index contributed by atoms with van der Waals surface area (Å²) in [5, 5.41) is 3.21. The van der Waals surface area contributed by atoms with Crippen molar-refractivity contribution in [3.05, 3.63) is 70.9 Å². The molecule has 1 heterocycles. The molecule has 0 spiro atoms. The molecular weight excluding hydrogens is 335 g/mol. The summed E-state index contributed by atoms with van der Waals surface area (Å²) in [5.74, 6) is 0.476. The zero-order valence-corrected chi connectivity index (χ0v) is 12.6. The van der Waals surface area contributed by atoms with Gasteiger partial charge in [0.25, 0.3) is 0 Å². The highest BCUT2D eigenvalue weighted by molar-refractivity contribution is 9.10. The zero-order valence-electron chi connectivity index (χ0n) is 11.0. The third-order valence-corrected chi connectivity index (χ3v) is 3.56. The second-order valence-electron chi connectivity index (χ2n) is 4.54. The Morgan fingerprint density at radius 1 is 1.19 bits per heavy atom. The highest BCUT2D eigenvalue weighted by Gasteiger charge is 2.05. The lowest BCUT2D eigenvalue weighted by Gasteiger charge is -2.09. The van der Waals surface area contributed by atoms with E-state index in [0.29, 0.717) is 17.9 Å². The summed E-state index contributed by atoms with van der Waals surface area (Å²) in [6.07, 6.45) is 3.05. The van der Waals surface area contributed by atoms with Gasteiger partial charge in [0.1, 0.15) is 5.82 Å². The number of rotatable bonds is 4. The third-order valence-electron chi connectivity index (χ3n) is 3.07. The topological polar surface area (TPSA) is 38.1 Å². The Balaban J connectivity index is 1.76. The largest absolute Gasteiger partial charge is 0.444 e. The first kappa shape index (κ1) is 13.8. The van der Waals surface area contributed by atoms with Crippen molar-refractivity contribution < 1.29 is 8.81 Å². The van der Waals surface area contributed by atoms with Crippen molar-refractivity contribution in [2.75, 3.05) is 5.32 Å². The van der Waals surface area contributed by atoms with E-state index < -0.39 is 0 Å². The Morgan fingerprint density at radius 2 is 2.10 bits per heavy atom. The highest BCUT2D eigenvalue weighted by Crippen LogP contribution is 2.23. The Bertz CT molecular complexity index is 744. The van der Waals surface area contributed by atoms with E-state index in [1.54, 1.807) is 18.3 Å². The zero-order chi connectivity index (χ0) is 14.7. The molecule has 0 saturated carbocycles. The monoisotopic (exact) mass is 346 g/mol. The fourth-order valence-electron chi connectivity index (χ4n) is 2.02. The quantitative estimate of drug-likeness (QED) is 0.733. The third kappa shape index (κ3) is 3.31. The smallest absolute Gasteiger partial charge is 0.181 e. The van der Waals surface area contributed by atoms with Gasteiger partial charge in [-0.25, -0.2) is 9.37 Å². The van der Waals surface area contributed by atoms with Crippen molar-refractivity contribution in [2.45, 2.75) is 6.54 Å². The lowest BCUT2D eigenvalue weighted by Crippen LogP contribution is -2.01. The fraction of sp³-hybridized carbons (Fsp3) is 0.0625. The van der Waals surface area contributed by atoms with Gasteiger partial charge in [0, 0.05) is 27.8 Å². The second kappa shape index (κ2) is 6.10. The Morgan fingerprint density at radius 3 is 2.90 bits per heavy atom. The van der Waals surface area contributed by atoms with E-state index in [4.69, 9.17) is 4.42 Å². The number of halogens is 2. The maximum absolute atomic E-state index is 13.7. The van der Waals surface area contributed by atoms with E-state index in [0.717, 1.165) is 15.7 Å². The van der Waals surface area contributed by atoms with Crippen LogP contribution in [0.2, 0.25) is 0 Å². The van der Waals surface area contributed by atoms with Crippen LogP contribution in [-0.2, 0) is 6.54 Å². The van der Waals surface area contributed by atoms with E-state index in [-0.39, 0.29) is 5.82 Å². The molecule has 2 aromatic carbocycles. The fourth-order valence-corrected chi connectivity index (χ4v) is 2.43. The maximum Gasteiger partial charge on any atom is 0.181 e. The molecule has 0 unspecified atom stereocenters. The second-order valence-corrected chi connectivity index (χ2v) is 5.45. The summed E-state index contributed by atoms with van der Waals surface area (Å²) in [7, 11) is 0. The van der Waals surface area contributed by atoms with Crippen molar-refractivity contribution in [2.24, 2.45) is 0 Å². The molecule has 0 saturated heterocycles. The molecule has 3 rings (SSSR count). The molecule has 0 atom stereocenters. The number of aromatic nitrogens is 1. The van der Waals surface area contributed by atoms with Crippen LogP contribution in [0.1, 0.15) is 5.56 Å². The Hall–Kier alpha value is -2.14. The Labute approximate surface area is 130 Å². The number of hydrogen-bond donors (Lipinski definition) is 1. The highest BCUT2D eigenvalue weighted by atomic mass is 79.9. The first-order valence-electron chi connectivity index (χ1n) is 6.39. The summed E-state index contributed by atoms with van der Waals surface area (Å²) in [4.78, 5) is 3.90. The molecule has 106 valence electrons. The van der Waals surface area contributed by atoms with Crippen molar-refractivity contribution >= 4 is 21.6 Å². The standard InChI is InChI=1S/C16H12BrFN2O/c17-13-4-5-15(18)12(6-13)8-20-14-3-1-2-11(7-14)16-9-19-10-21-16/h1-7,9-10,20H,8H2. The molecule has 0 amide bonds. The van der Waals surface area contributed by atoms with Crippen molar-refractivity contribution in [1.29, 1.82) is 0 Å². The molecule has 0 aliphatic rings. The van der Waals surface area contributed by atoms with Gasteiger partial charge in [0.15, 0.2) is 12.2 Å². The minimum Gasteiger partial charge on any atom is -0.444 e. The Kier molecular flexibility index (Phi) is 4.01. The van der Waals surface area contributed by atoms with Gasteiger partial charge in [-0.2, -0.15) is 0 Å². The molecular formula is C16H12BrFN2O. The number of benzene rings is 2. The van der Waals surface area contributed by atoms with E-state index in [2.05, 4.69) is 26.2 Å². The van der Waals surface area contributed by atoms with Crippen LogP contribution in [-0.4, -0.2) is 4.98 Å². The van der Waals surface area contributed by atoms with Gasteiger partial charge in [-0.05, 0) is 30.3 Å². The molecule has 1 aromatic heterocycles. The lowest BCUT2D eigenvalue weighted by molar-refractivity contribution is 0.572. The summed E-state index contributed by atoms with van der Waals surface area (Å²) in [6, 6.07) is 12.6. The summed E-state index contributed by atoms with van der Waals surface area (Å²) in [5.41, 5.74) is 2.42. The molecule has 0 aliphatic heterocycles. The maximum atomic E-state index is 13.7. The van der Waals surface area contributed by atoms with Crippen LogP contribution in [0.3, 0.4) is 0 Å². The van der Waals surface area contributed by atoms with Crippen LogP contribution in [0.25, 0.3) is 11.3 Å². The van der Waals surface area contributed by atoms with Gasteiger partial charge in [0.2, 0.25) is 0 Å². The first-order chi connectivity index (χ1) is 10.2. The number of anilines is 1. The molecule has 0 radical (unpaired) electrons. The van der Waals surface area contributed by atoms with Crippen LogP contribution in [0.5, 0.6) is 0 Å². The molecule has 5 heteroatoms. The summed E-state index contributed by atoms with van der Waals surface area (Å²) < 4.78 is 19.8. The first-order valence-corrected chi connectivity index (χ1v) is 7.18. The predicted molar refractivity (Wildman–Crippen MR) is 83.4 cm³/mol. The van der Waals surface area contributed by atoms with Crippen LogP contribution in [0.4, 0.5) is 10.1 Å². The minimum absolute atomic E-state index is 0.225. The van der Waals surface area contributed by atoms with Crippen LogP contribution >= 0.6 is 15.9 Å². The normalized spacial score (nSPS) is 10.6. The number of nitrogens with zero attached hydrogens (tertiary/aromatic N) is 1. The molecule has 0 aliphatic carbocycles. The minimum atomic E-state index is -0.225. The van der Waals surface area contributed by atoms with E-state index >= 15 is 0 Å². The van der Waals surface area contributed by atoms with Gasteiger partial charge in [0.05, 0.1) is 6.20 Å². The van der Waals surface area contributed by atoms with Crippen LogP contribution < -0.4 is 5.32 Å². The molecule has 3 nitrogen and oxygen atoms in total. The van der Waals surface area contributed by atoms with Gasteiger partial charge in [-0.3, -0.25) is 0 Å². The van der Waals surface area contributed by atoms with E-state index in [1.807, 2.05) is 24.3 Å². The van der Waals surface area contributed by atoms with E-state index in [1.165, 1.54) is 12.5 Å². The molecule has 0 bridgehead atoms. The van der Waals surface area contributed by atoms with Gasteiger partial charge in [-0.1, -0.05) is 28.1 Å². The molecule has 0 fully saturated rings. The average Bonchev–Trinajstić information content (AvgIpc) is 3.03. The molecule has 3 aromatic rings. The summed E-state index contributed by atoms with van der Waals surface area (Å²) >= 11 is 3.35. The lowest BCUT2D eigenvalue weighted by atomic mass is 10.1. The van der Waals surface area contributed by atoms with Gasteiger partial charge < -0.3 is 9.73 Å². The number of nitrogens with one attached hydrogen (secondary N) is 1. The van der Waals surface area contributed by atoms with Crippen molar-refractivity contribution in [3.63, 3.8) is 0 Å². The van der Waals surface area contributed by atoms with Gasteiger partial charge >= 0.3 is 0 Å². The molecule has 21 heavy (non-hydrogen) atoms. The van der Waals surface area contributed by atoms with Crippen molar-refractivity contribution in [1.82, 2.24) is 4.98 Å². The van der Waals surface area contributed by atoms with E-state index in [9.17, 15) is 4.39 Å². The average molecular weight is 347 g/mol. The number of hydrogen-bond acceptors (Lipinski definition) is 3. The summed E-state index contributed by atoms with van der Waals surface area (Å²) in [6.45, 7) is 0.408. The SMILES string of the molecule is Fc1ccc(Br)cc1CNc1cccc(-c2cnco2)c1.